The minimum absolute atomic E-state index is 0.0343. The minimum atomic E-state index is -0.0343. The number of halogens is 1. The fourth-order valence-electron chi connectivity index (χ4n) is 3.15. The number of anilines is 1. The standard InChI is InChI=1S/C15H21FN2/c16-14-11-13(12-5-7-17-8-6-12)3-4-15(14)18-9-1-2-10-18/h3-4,11-12,17H,1-2,5-10H2. The van der Waals surface area contributed by atoms with Crippen LogP contribution in [0.1, 0.15) is 37.2 Å². The first-order chi connectivity index (χ1) is 8.84. The fraction of sp³-hybridized carbons (Fsp3) is 0.600. The number of hydrogen-bond acceptors (Lipinski definition) is 2. The Labute approximate surface area is 108 Å². The first kappa shape index (κ1) is 12.0. The third kappa shape index (κ3) is 2.37. The van der Waals surface area contributed by atoms with Crippen molar-refractivity contribution < 1.29 is 4.39 Å². The first-order valence-electron chi connectivity index (χ1n) is 7.10. The molecular weight excluding hydrogens is 227 g/mol. The van der Waals surface area contributed by atoms with Gasteiger partial charge in [0.25, 0.3) is 0 Å². The van der Waals surface area contributed by atoms with E-state index in [1.54, 1.807) is 6.07 Å². The number of nitrogens with one attached hydrogen (secondary N) is 1. The summed E-state index contributed by atoms with van der Waals surface area (Å²) >= 11 is 0. The highest BCUT2D eigenvalue weighted by Gasteiger charge is 2.19. The van der Waals surface area contributed by atoms with Gasteiger partial charge in [0, 0.05) is 13.1 Å². The van der Waals surface area contributed by atoms with Crippen LogP contribution in [0.15, 0.2) is 18.2 Å². The van der Waals surface area contributed by atoms with Gasteiger partial charge in [-0.15, -0.1) is 0 Å². The molecule has 0 atom stereocenters. The Kier molecular flexibility index (Phi) is 3.50. The average Bonchev–Trinajstić information content (AvgIpc) is 2.93. The molecule has 1 aromatic carbocycles. The van der Waals surface area contributed by atoms with E-state index in [0.29, 0.717) is 5.92 Å². The van der Waals surface area contributed by atoms with E-state index >= 15 is 0 Å². The third-order valence-electron chi connectivity index (χ3n) is 4.23. The lowest BCUT2D eigenvalue weighted by atomic mass is 9.90. The zero-order valence-electron chi connectivity index (χ0n) is 10.8. The second-order valence-electron chi connectivity index (χ2n) is 5.43. The van der Waals surface area contributed by atoms with E-state index in [2.05, 4.69) is 16.3 Å². The van der Waals surface area contributed by atoms with Crippen LogP contribution in [0.3, 0.4) is 0 Å². The normalized spacial score (nSPS) is 21.5. The van der Waals surface area contributed by atoms with E-state index < -0.39 is 0 Å². The van der Waals surface area contributed by atoms with Crippen LogP contribution in [-0.2, 0) is 0 Å². The maximum Gasteiger partial charge on any atom is 0.146 e. The van der Waals surface area contributed by atoms with Crippen molar-refractivity contribution in [2.45, 2.75) is 31.6 Å². The second-order valence-corrected chi connectivity index (χ2v) is 5.43. The van der Waals surface area contributed by atoms with Gasteiger partial charge < -0.3 is 10.2 Å². The molecule has 0 saturated carbocycles. The Bertz CT molecular complexity index is 407. The topological polar surface area (TPSA) is 15.3 Å². The Morgan fingerprint density at radius 2 is 1.83 bits per heavy atom. The van der Waals surface area contributed by atoms with Gasteiger partial charge in [-0.2, -0.15) is 0 Å². The summed E-state index contributed by atoms with van der Waals surface area (Å²) in [6.07, 6.45) is 4.63. The maximum atomic E-state index is 14.2. The van der Waals surface area contributed by atoms with Crippen LogP contribution in [-0.4, -0.2) is 26.2 Å². The van der Waals surface area contributed by atoms with Crippen LogP contribution >= 0.6 is 0 Å². The van der Waals surface area contributed by atoms with E-state index in [4.69, 9.17) is 0 Å². The SMILES string of the molecule is Fc1cc(C2CCNCC2)ccc1N1CCCC1. The molecular formula is C15H21FN2. The monoisotopic (exact) mass is 248 g/mol. The van der Waals surface area contributed by atoms with Gasteiger partial charge in [0.1, 0.15) is 5.82 Å². The number of rotatable bonds is 2. The smallest absolute Gasteiger partial charge is 0.146 e. The zero-order chi connectivity index (χ0) is 12.4. The van der Waals surface area contributed by atoms with Gasteiger partial charge >= 0.3 is 0 Å². The summed E-state index contributed by atoms with van der Waals surface area (Å²) in [6, 6.07) is 5.88. The van der Waals surface area contributed by atoms with Crippen molar-refractivity contribution in [1.82, 2.24) is 5.32 Å². The lowest BCUT2D eigenvalue weighted by Gasteiger charge is -2.24. The molecule has 0 radical (unpaired) electrons. The number of piperidine rings is 1. The summed E-state index contributed by atoms with van der Waals surface area (Å²) in [5.41, 5.74) is 1.97. The lowest BCUT2D eigenvalue weighted by molar-refractivity contribution is 0.458. The highest BCUT2D eigenvalue weighted by molar-refractivity contribution is 5.50. The molecule has 0 spiro atoms. The van der Waals surface area contributed by atoms with E-state index in [0.717, 1.165) is 44.7 Å². The quantitative estimate of drug-likeness (QED) is 0.865. The van der Waals surface area contributed by atoms with Crippen LogP contribution in [0.2, 0.25) is 0 Å². The Morgan fingerprint density at radius 3 is 2.50 bits per heavy atom. The predicted molar refractivity (Wildman–Crippen MR) is 72.7 cm³/mol. The summed E-state index contributed by atoms with van der Waals surface area (Å²) < 4.78 is 14.2. The molecule has 98 valence electrons. The minimum Gasteiger partial charge on any atom is -0.369 e. The van der Waals surface area contributed by atoms with Crippen molar-refractivity contribution in [2.75, 3.05) is 31.1 Å². The van der Waals surface area contributed by atoms with Crippen molar-refractivity contribution in [1.29, 1.82) is 0 Å². The van der Waals surface area contributed by atoms with Gasteiger partial charge in [0.05, 0.1) is 5.69 Å². The molecule has 2 heterocycles. The fourth-order valence-corrected chi connectivity index (χ4v) is 3.15. The first-order valence-corrected chi connectivity index (χ1v) is 7.10. The van der Waals surface area contributed by atoms with Gasteiger partial charge in [0.2, 0.25) is 0 Å². The molecule has 18 heavy (non-hydrogen) atoms. The average molecular weight is 248 g/mol. The van der Waals surface area contributed by atoms with Gasteiger partial charge in [-0.1, -0.05) is 6.07 Å². The molecule has 2 aliphatic rings. The van der Waals surface area contributed by atoms with Crippen LogP contribution in [0.5, 0.6) is 0 Å². The second kappa shape index (κ2) is 5.27. The van der Waals surface area contributed by atoms with Crippen LogP contribution in [0.4, 0.5) is 10.1 Å². The van der Waals surface area contributed by atoms with Crippen molar-refractivity contribution in [3.63, 3.8) is 0 Å². The number of benzene rings is 1. The number of nitrogens with zero attached hydrogens (tertiary/aromatic N) is 1. The molecule has 0 aromatic heterocycles. The molecule has 0 aliphatic carbocycles. The molecule has 3 heteroatoms. The summed E-state index contributed by atoms with van der Waals surface area (Å²) in [6.45, 7) is 4.12. The Morgan fingerprint density at radius 1 is 1.11 bits per heavy atom. The van der Waals surface area contributed by atoms with Crippen LogP contribution in [0.25, 0.3) is 0 Å². The molecule has 1 aromatic rings. The van der Waals surface area contributed by atoms with Crippen molar-refractivity contribution in [3.05, 3.63) is 29.6 Å². The molecule has 0 amide bonds. The van der Waals surface area contributed by atoms with Gasteiger partial charge in [0.15, 0.2) is 0 Å². The van der Waals surface area contributed by atoms with Gasteiger partial charge in [-0.05, 0) is 62.4 Å². The highest BCUT2D eigenvalue weighted by Crippen LogP contribution is 2.30. The van der Waals surface area contributed by atoms with E-state index in [1.807, 2.05) is 6.07 Å². The van der Waals surface area contributed by atoms with Crippen molar-refractivity contribution in [2.24, 2.45) is 0 Å². The van der Waals surface area contributed by atoms with Crippen LogP contribution < -0.4 is 10.2 Å². The van der Waals surface area contributed by atoms with E-state index in [-0.39, 0.29) is 5.82 Å². The van der Waals surface area contributed by atoms with E-state index in [1.165, 1.54) is 18.4 Å². The molecule has 2 aliphatic heterocycles. The lowest BCUT2D eigenvalue weighted by Crippen LogP contribution is -2.26. The van der Waals surface area contributed by atoms with Gasteiger partial charge in [-0.25, -0.2) is 4.39 Å². The summed E-state index contributed by atoms with van der Waals surface area (Å²) in [5.74, 6) is 0.501. The predicted octanol–water partition coefficient (Wildman–Crippen LogP) is 2.89. The molecule has 2 nitrogen and oxygen atoms in total. The zero-order valence-corrected chi connectivity index (χ0v) is 10.8. The summed E-state index contributed by atoms with van der Waals surface area (Å²) in [5, 5.41) is 3.35. The molecule has 2 fully saturated rings. The molecule has 2 saturated heterocycles. The van der Waals surface area contributed by atoms with Crippen molar-refractivity contribution in [3.8, 4) is 0 Å². The molecule has 0 unspecified atom stereocenters. The Balaban J connectivity index is 1.79. The van der Waals surface area contributed by atoms with Crippen LogP contribution in [0, 0.1) is 5.82 Å². The molecule has 1 N–H and O–H groups in total. The summed E-state index contributed by atoms with van der Waals surface area (Å²) in [7, 11) is 0. The van der Waals surface area contributed by atoms with Gasteiger partial charge in [-0.3, -0.25) is 0 Å². The molecule has 0 bridgehead atoms. The highest BCUT2D eigenvalue weighted by atomic mass is 19.1. The number of hydrogen-bond donors (Lipinski definition) is 1. The third-order valence-corrected chi connectivity index (χ3v) is 4.23. The van der Waals surface area contributed by atoms with Crippen molar-refractivity contribution >= 4 is 5.69 Å². The largest absolute Gasteiger partial charge is 0.369 e. The molecule has 3 rings (SSSR count). The Hall–Kier alpha value is -1.09. The maximum absolute atomic E-state index is 14.2. The summed E-state index contributed by atoms with van der Waals surface area (Å²) in [4.78, 5) is 2.17. The van der Waals surface area contributed by atoms with E-state index in [9.17, 15) is 4.39 Å².